The Bertz CT molecular complexity index is 2100. The summed E-state index contributed by atoms with van der Waals surface area (Å²) in [5, 5.41) is 6.07. The molecule has 178 valence electrons. The average Bonchev–Trinajstić information content (AvgIpc) is 3.57. The molecule has 0 amide bonds. The summed E-state index contributed by atoms with van der Waals surface area (Å²) in [5.41, 5.74) is 6.68. The van der Waals surface area contributed by atoms with Crippen LogP contribution in [-0.4, -0.2) is 19.1 Å². The van der Waals surface area contributed by atoms with Crippen molar-refractivity contribution < 1.29 is 0 Å². The van der Waals surface area contributed by atoms with Gasteiger partial charge in [-0.3, -0.25) is 4.57 Å². The third kappa shape index (κ3) is 3.10. The third-order valence-electron chi connectivity index (χ3n) is 7.46. The molecule has 38 heavy (non-hydrogen) atoms. The van der Waals surface area contributed by atoms with Crippen molar-refractivity contribution in [3.8, 4) is 22.8 Å². The van der Waals surface area contributed by atoms with Gasteiger partial charge in [-0.1, -0.05) is 72.8 Å². The maximum Gasteiger partial charge on any atom is 0.234 e. The van der Waals surface area contributed by atoms with Crippen LogP contribution in [0.1, 0.15) is 0 Å². The topological polar surface area (TPSA) is 35.6 Å². The summed E-state index contributed by atoms with van der Waals surface area (Å²) in [5.74, 6) is 0.673. The predicted octanol–water partition coefficient (Wildman–Crippen LogP) is 8.34. The number of hydrogen-bond acceptors (Lipinski definition) is 2. The van der Waals surface area contributed by atoms with E-state index in [1.165, 1.54) is 32.4 Å². The van der Waals surface area contributed by atoms with Gasteiger partial charge in [-0.2, -0.15) is 0 Å². The number of nitrogens with zero attached hydrogens (tertiary/aromatic N) is 4. The molecule has 8 aromatic rings. The van der Waals surface area contributed by atoms with Crippen molar-refractivity contribution in [2.24, 2.45) is 0 Å². The monoisotopic (exact) mass is 486 g/mol. The summed E-state index contributed by atoms with van der Waals surface area (Å²) in [4.78, 5) is 9.63. The van der Waals surface area contributed by atoms with Gasteiger partial charge in [0, 0.05) is 46.0 Å². The number of para-hydroxylation sites is 2. The summed E-state index contributed by atoms with van der Waals surface area (Å²) in [7, 11) is 0. The molecule has 3 aromatic heterocycles. The maximum atomic E-state index is 4.81. The molecule has 0 fully saturated rings. The fraction of sp³-hybridized carbons (Fsp3) is 0. The van der Waals surface area contributed by atoms with E-state index in [0.29, 0.717) is 5.95 Å². The molecule has 0 spiro atoms. The second-order valence-corrected chi connectivity index (χ2v) is 9.60. The number of rotatable bonds is 3. The molecule has 4 heteroatoms. The van der Waals surface area contributed by atoms with E-state index in [0.717, 1.165) is 27.8 Å². The summed E-state index contributed by atoms with van der Waals surface area (Å²) in [6.45, 7) is 0. The smallest absolute Gasteiger partial charge is 0.234 e. The largest absolute Gasteiger partial charge is 0.317 e. The molecular formula is C34H22N4. The number of aromatic nitrogens is 4. The first-order chi connectivity index (χ1) is 18.8. The minimum Gasteiger partial charge on any atom is -0.317 e. The van der Waals surface area contributed by atoms with Crippen molar-refractivity contribution in [3.63, 3.8) is 0 Å². The molecule has 3 heterocycles. The van der Waals surface area contributed by atoms with E-state index in [9.17, 15) is 0 Å². The van der Waals surface area contributed by atoms with E-state index < -0.39 is 0 Å². The standard InChI is InChI=1S/C34H22N4/c1-3-9-23(10-4-1)25-21-35-34(36-22-25)38-32-14-8-7-13-27(32)30-20-29-24(19-33(30)38)15-16-31-28(29)17-18-37(31)26-11-5-2-6-12-26/h1-22H. The highest BCUT2D eigenvalue weighted by molar-refractivity contribution is 6.18. The van der Waals surface area contributed by atoms with Gasteiger partial charge in [0.2, 0.25) is 5.95 Å². The lowest BCUT2D eigenvalue weighted by Crippen LogP contribution is -2.00. The first kappa shape index (κ1) is 20.9. The third-order valence-corrected chi connectivity index (χ3v) is 7.46. The van der Waals surface area contributed by atoms with Crippen LogP contribution in [-0.2, 0) is 0 Å². The Balaban J connectivity index is 1.36. The molecule has 0 aliphatic carbocycles. The lowest BCUT2D eigenvalue weighted by molar-refractivity contribution is 0.990. The van der Waals surface area contributed by atoms with Crippen molar-refractivity contribution in [1.29, 1.82) is 0 Å². The SMILES string of the molecule is c1ccc(-c2cnc(-n3c4ccccc4c4cc5c(ccc6c5ccn6-c5ccccc5)cc43)nc2)cc1. The molecule has 0 radical (unpaired) electrons. The molecule has 4 nitrogen and oxygen atoms in total. The Hall–Kier alpha value is -5.22. The first-order valence-electron chi connectivity index (χ1n) is 12.8. The quantitative estimate of drug-likeness (QED) is 0.252. The van der Waals surface area contributed by atoms with Gasteiger partial charge in [0.25, 0.3) is 0 Å². The van der Waals surface area contributed by atoms with E-state index in [1.54, 1.807) is 0 Å². The van der Waals surface area contributed by atoms with Crippen molar-refractivity contribution in [2.45, 2.75) is 0 Å². The first-order valence-corrected chi connectivity index (χ1v) is 12.8. The number of benzene rings is 5. The maximum absolute atomic E-state index is 4.81. The fourth-order valence-corrected chi connectivity index (χ4v) is 5.66. The van der Waals surface area contributed by atoms with Gasteiger partial charge in [-0.15, -0.1) is 0 Å². The summed E-state index contributed by atoms with van der Waals surface area (Å²) >= 11 is 0. The molecule has 0 unspecified atom stereocenters. The van der Waals surface area contributed by atoms with E-state index in [1.807, 2.05) is 30.6 Å². The highest BCUT2D eigenvalue weighted by atomic mass is 15.1. The normalized spacial score (nSPS) is 11.7. The van der Waals surface area contributed by atoms with E-state index in [4.69, 9.17) is 9.97 Å². The molecule has 5 aromatic carbocycles. The molecule has 0 aliphatic heterocycles. The van der Waals surface area contributed by atoms with Gasteiger partial charge in [-0.05, 0) is 58.8 Å². The minimum atomic E-state index is 0.673. The van der Waals surface area contributed by atoms with Gasteiger partial charge in [0.15, 0.2) is 0 Å². The van der Waals surface area contributed by atoms with Crippen LogP contribution in [0.25, 0.3) is 66.2 Å². The van der Waals surface area contributed by atoms with Crippen LogP contribution in [0.15, 0.2) is 134 Å². The molecule has 0 saturated carbocycles. The van der Waals surface area contributed by atoms with Gasteiger partial charge in [-0.25, -0.2) is 9.97 Å². The Morgan fingerprint density at radius 3 is 2.00 bits per heavy atom. The van der Waals surface area contributed by atoms with Crippen LogP contribution in [0.3, 0.4) is 0 Å². The predicted molar refractivity (Wildman–Crippen MR) is 156 cm³/mol. The zero-order valence-electron chi connectivity index (χ0n) is 20.5. The van der Waals surface area contributed by atoms with Crippen LogP contribution >= 0.6 is 0 Å². The lowest BCUT2D eigenvalue weighted by Gasteiger charge is -2.09. The molecule has 0 N–H and O–H groups in total. The van der Waals surface area contributed by atoms with E-state index >= 15 is 0 Å². The number of fused-ring (bicyclic) bond motifs is 6. The minimum absolute atomic E-state index is 0.673. The van der Waals surface area contributed by atoms with Crippen molar-refractivity contribution in [1.82, 2.24) is 19.1 Å². The average molecular weight is 487 g/mol. The summed E-state index contributed by atoms with van der Waals surface area (Å²) in [6.07, 6.45) is 5.99. The van der Waals surface area contributed by atoms with Crippen LogP contribution in [0.5, 0.6) is 0 Å². The molecule has 0 atom stereocenters. The van der Waals surface area contributed by atoms with Crippen molar-refractivity contribution >= 4 is 43.5 Å². The van der Waals surface area contributed by atoms with Crippen LogP contribution in [0, 0.1) is 0 Å². The van der Waals surface area contributed by atoms with Crippen LogP contribution < -0.4 is 0 Å². The van der Waals surface area contributed by atoms with E-state index in [2.05, 4.69) is 112 Å². The van der Waals surface area contributed by atoms with Crippen molar-refractivity contribution in [2.75, 3.05) is 0 Å². The molecular weight excluding hydrogens is 464 g/mol. The van der Waals surface area contributed by atoms with Crippen LogP contribution in [0.2, 0.25) is 0 Å². The summed E-state index contributed by atoms with van der Waals surface area (Å²) in [6, 6.07) is 40.5. The highest BCUT2D eigenvalue weighted by Crippen LogP contribution is 2.37. The Kier molecular flexibility index (Phi) is 4.49. The summed E-state index contributed by atoms with van der Waals surface area (Å²) < 4.78 is 4.43. The highest BCUT2D eigenvalue weighted by Gasteiger charge is 2.16. The zero-order valence-corrected chi connectivity index (χ0v) is 20.5. The zero-order chi connectivity index (χ0) is 25.1. The van der Waals surface area contributed by atoms with Gasteiger partial charge in [0.05, 0.1) is 16.6 Å². The second-order valence-electron chi connectivity index (χ2n) is 9.60. The Morgan fingerprint density at radius 1 is 0.474 bits per heavy atom. The van der Waals surface area contributed by atoms with E-state index in [-0.39, 0.29) is 0 Å². The van der Waals surface area contributed by atoms with Crippen molar-refractivity contribution in [3.05, 3.63) is 134 Å². The van der Waals surface area contributed by atoms with Gasteiger partial charge in [0.1, 0.15) is 0 Å². The lowest BCUT2D eigenvalue weighted by atomic mass is 10.0. The number of hydrogen-bond donors (Lipinski definition) is 0. The molecule has 0 saturated heterocycles. The second kappa shape index (κ2) is 8.15. The van der Waals surface area contributed by atoms with Gasteiger partial charge < -0.3 is 4.57 Å². The fourth-order valence-electron chi connectivity index (χ4n) is 5.66. The Labute approximate surface area is 219 Å². The van der Waals surface area contributed by atoms with Crippen LogP contribution in [0.4, 0.5) is 0 Å². The molecule has 8 rings (SSSR count). The molecule has 0 aliphatic rings. The Morgan fingerprint density at radius 2 is 1.18 bits per heavy atom. The molecule has 0 bridgehead atoms. The van der Waals surface area contributed by atoms with Gasteiger partial charge >= 0.3 is 0 Å².